The van der Waals surface area contributed by atoms with E-state index in [2.05, 4.69) is 28.9 Å². The number of aromatic nitrogens is 1. The van der Waals surface area contributed by atoms with Gasteiger partial charge in [-0.25, -0.2) is 0 Å². The number of amides is 1. The predicted octanol–water partition coefficient (Wildman–Crippen LogP) is 4.89. The van der Waals surface area contributed by atoms with Crippen LogP contribution in [-0.4, -0.2) is 10.5 Å². The lowest BCUT2D eigenvalue weighted by molar-refractivity contribution is 0.102. The number of carbonyl (C=O) groups excluding carboxylic acids is 1. The maximum atomic E-state index is 13.2. The lowest BCUT2D eigenvalue weighted by Gasteiger charge is -2.20. The van der Waals surface area contributed by atoms with Gasteiger partial charge in [-0.3, -0.25) is 9.59 Å². The summed E-state index contributed by atoms with van der Waals surface area (Å²) in [6, 6.07) is 17.6. The Morgan fingerprint density at radius 1 is 0.966 bits per heavy atom. The number of aryl methyl sites for hydroxylation is 3. The highest BCUT2D eigenvalue weighted by Gasteiger charge is 2.20. The van der Waals surface area contributed by atoms with Crippen LogP contribution < -0.4 is 10.7 Å². The monoisotopic (exact) mass is 388 g/mol. The van der Waals surface area contributed by atoms with Crippen molar-refractivity contribution < 1.29 is 4.79 Å². The number of para-hydroxylation sites is 1. The second-order valence-electron chi connectivity index (χ2n) is 7.30. The average Bonchev–Trinajstić information content (AvgIpc) is 2.72. The summed E-state index contributed by atoms with van der Waals surface area (Å²) in [6.07, 6.45) is 1.53. The standard InChI is InChI=1S/C25H28N2O2/c1-5-20-14-10-11-17(3)24(20)26-25(29)23-18(4)27(21(6-2)15-22(23)28)16-19-12-8-7-9-13-19/h7-15H,5-6,16H2,1-4H3,(H,26,29). The van der Waals surface area contributed by atoms with Gasteiger partial charge in [0.1, 0.15) is 5.56 Å². The van der Waals surface area contributed by atoms with Crippen LogP contribution in [0.25, 0.3) is 0 Å². The van der Waals surface area contributed by atoms with E-state index in [-0.39, 0.29) is 16.9 Å². The fourth-order valence-corrected chi connectivity index (χ4v) is 3.76. The number of anilines is 1. The lowest BCUT2D eigenvalue weighted by atomic mass is 10.0. The zero-order valence-electron chi connectivity index (χ0n) is 17.6. The number of rotatable bonds is 6. The molecule has 0 aliphatic heterocycles. The summed E-state index contributed by atoms with van der Waals surface area (Å²) in [7, 11) is 0. The first kappa shape index (κ1) is 20.6. The average molecular weight is 389 g/mol. The molecule has 0 saturated heterocycles. The molecule has 1 N–H and O–H groups in total. The molecule has 0 radical (unpaired) electrons. The predicted molar refractivity (Wildman–Crippen MR) is 119 cm³/mol. The molecule has 0 aliphatic carbocycles. The fourth-order valence-electron chi connectivity index (χ4n) is 3.76. The van der Waals surface area contributed by atoms with Gasteiger partial charge >= 0.3 is 0 Å². The van der Waals surface area contributed by atoms with Crippen LogP contribution in [0.3, 0.4) is 0 Å². The molecule has 2 aromatic carbocycles. The van der Waals surface area contributed by atoms with Crippen LogP contribution in [0.4, 0.5) is 5.69 Å². The van der Waals surface area contributed by atoms with Gasteiger partial charge in [-0.05, 0) is 43.4 Å². The van der Waals surface area contributed by atoms with Gasteiger partial charge in [0.2, 0.25) is 0 Å². The zero-order valence-corrected chi connectivity index (χ0v) is 17.6. The van der Waals surface area contributed by atoms with Crippen molar-refractivity contribution in [2.45, 2.75) is 47.1 Å². The number of carbonyl (C=O) groups is 1. The maximum absolute atomic E-state index is 13.2. The summed E-state index contributed by atoms with van der Waals surface area (Å²) in [5.41, 5.74) is 5.59. The van der Waals surface area contributed by atoms with E-state index in [4.69, 9.17) is 0 Å². The Balaban J connectivity index is 2.04. The minimum absolute atomic E-state index is 0.212. The van der Waals surface area contributed by atoms with Crippen LogP contribution in [0.2, 0.25) is 0 Å². The lowest BCUT2D eigenvalue weighted by Crippen LogP contribution is -2.28. The third-order valence-corrected chi connectivity index (χ3v) is 5.41. The van der Waals surface area contributed by atoms with Crippen molar-refractivity contribution in [3.8, 4) is 0 Å². The largest absolute Gasteiger partial charge is 0.343 e. The van der Waals surface area contributed by atoms with Crippen LogP contribution >= 0.6 is 0 Å². The first-order chi connectivity index (χ1) is 14.0. The second kappa shape index (κ2) is 8.91. The Labute approximate surface area is 172 Å². The molecule has 3 aromatic rings. The van der Waals surface area contributed by atoms with Crippen molar-refractivity contribution in [2.24, 2.45) is 0 Å². The fraction of sp³-hybridized carbons (Fsp3) is 0.280. The molecule has 0 fully saturated rings. The number of hydrogen-bond donors (Lipinski definition) is 1. The summed E-state index contributed by atoms with van der Waals surface area (Å²) in [5, 5.41) is 3.00. The topological polar surface area (TPSA) is 51.1 Å². The van der Waals surface area contributed by atoms with Gasteiger partial charge in [0, 0.05) is 29.7 Å². The normalized spacial score (nSPS) is 10.8. The Bertz CT molecular complexity index is 1080. The smallest absolute Gasteiger partial charge is 0.261 e. The molecule has 0 spiro atoms. The van der Waals surface area contributed by atoms with Crippen LogP contribution in [0, 0.1) is 13.8 Å². The minimum atomic E-state index is -0.346. The van der Waals surface area contributed by atoms with Crippen LogP contribution in [0.1, 0.15) is 52.3 Å². The summed E-state index contributed by atoms with van der Waals surface area (Å²) < 4.78 is 2.07. The Hall–Kier alpha value is -3.14. The number of hydrogen-bond acceptors (Lipinski definition) is 2. The molecule has 4 heteroatoms. The van der Waals surface area contributed by atoms with Crippen molar-refractivity contribution in [1.82, 2.24) is 4.57 Å². The van der Waals surface area contributed by atoms with E-state index in [1.54, 1.807) is 6.07 Å². The minimum Gasteiger partial charge on any atom is -0.343 e. The van der Waals surface area contributed by atoms with Gasteiger partial charge in [-0.1, -0.05) is 62.4 Å². The van der Waals surface area contributed by atoms with E-state index >= 15 is 0 Å². The molecule has 4 nitrogen and oxygen atoms in total. The van der Waals surface area contributed by atoms with Crippen molar-refractivity contribution >= 4 is 11.6 Å². The van der Waals surface area contributed by atoms with Gasteiger partial charge in [0.25, 0.3) is 5.91 Å². The molecule has 0 bridgehead atoms. The number of nitrogens with one attached hydrogen (secondary N) is 1. The molecule has 0 saturated carbocycles. The van der Waals surface area contributed by atoms with Crippen molar-refractivity contribution in [1.29, 1.82) is 0 Å². The van der Waals surface area contributed by atoms with Crippen LogP contribution in [-0.2, 0) is 19.4 Å². The Morgan fingerprint density at radius 2 is 1.69 bits per heavy atom. The number of benzene rings is 2. The Morgan fingerprint density at radius 3 is 2.34 bits per heavy atom. The highest BCUT2D eigenvalue weighted by atomic mass is 16.2. The summed E-state index contributed by atoms with van der Waals surface area (Å²) in [6.45, 7) is 8.53. The molecule has 0 atom stereocenters. The van der Waals surface area contributed by atoms with E-state index in [1.807, 2.05) is 57.2 Å². The first-order valence-electron chi connectivity index (χ1n) is 10.1. The van der Waals surface area contributed by atoms with Crippen LogP contribution in [0.5, 0.6) is 0 Å². The summed E-state index contributed by atoms with van der Waals surface area (Å²) >= 11 is 0. The van der Waals surface area contributed by atoms with Gasteiger partial charge in [-0.2, -0.15) is 0 Å². The summed E-state index contributed by atoms with van der Waals surface area (Å²) in [4.78, 5) is 26.0. The highest BCUT2D eigenvalue weighted by Crippen LogP contribution is 2.22. The molecule has 29 heavy (non-hydrogen) atoms. The third-order valence-electron chi connectivity index (χ3n) is 5.41. The van der Waals surface area contributed by atoms with Gasteiger partial charge in [0.15, 0.2) is 5.43 Å². The van der Waals surface area contributed by atoms with Gasteiger partial charge in [-0.15, -0.1) is 0 Å². The van der Waals surface area contributed by atoms with E-state index in [1.165, 1.54) is 0 Å². The van der Waals surface area contributed by atoms with E-state index < -0.39 is 0 Å². The molecular weight excluding hydrogens is 360 g/mol. The molecule has 1 aromatic heterocycles. The van der Waals surface area contributed by atoms with Gasteiger partial charge < -0.3 is 9.88 Å². The maximum Gasteiger partial charge on any atom is 0.261 e. The number of nitrogens with zero attached hydrogens (tertiary/aromatic N) is 1. The quantitative estimate of drug-likeness (QED) is 0.654. The van der Waals surface area contributed by atoms with Crippen molar-refractivity contribution in [3.63, 3.8) is 0 Å². The highest BCUT2D eigenvalue weighted by molar-refractivity contribution is 6.05. The second-order valence-corrected chi connectivity index (χ2v) is 7.30. The SMILES string of the molecule is CCc1cccc(C)c1NC(=O)c1c(C)n(Cc2ccccc2)c(CC)cc1=O. The first-order valence-corrected chi connectivity index (χ1v) is 10.1. The molecule has 1 heterocycles. The summed E-state index contributed by atoms with van der Waals surface area (Å²) in [5.74, 6) is -0.346. The number of pyridine rings is 1. The third kappa shape index (κ3) is 4.32. The molecule has 0 aliphatic rings. The molecule has 0 unspecified atom stereocenters. The van der Waals surface area contributed by atoms with Crippen LogP contribution in [0.15, 0.2) is 59.4 Å². The molecule has 3 rings (SSSR count). The van der Waals surface area contributed by atoms with E-state index in [0.29, 0.717) is 12.2 Å². The van der Waals surface area contributed by atoms with E-state index in [0.717, 1.165) is 40.9 Å². The zero-order chi connectivity index (χ0) is 21.0. The molecule has 150 valence electrons. The Kier molecular flexibility index (Phi) is 6.32. The van der Waals surface area contributed by atoms with Crippen molar-refractivity contribution in [2.75, 3.05) is 5.32 Å². The van der Waals surface area contributed by atoms with Gasteiger partial charge in [0.05, 0.1) is 0 Å². The van der Waals surface area contributed by atoms with E-state index in [9.17, 15) is 9.59 Å². The van der Waals surface area contributed by atoms with Crippen molar-refractivity contribution in [3.05, 3.63) is 98.5 Å². The molecule has 1 amide bonds. The molecular formula is C25H28N2O2.